The van der Waals surface area contributed by atoms with Crippen LogP contribution in [-0.2, 0) is 16.0 Å². The van der Waals surface area contributed by atoms with Gasteiger partial charge < -0.3 is 16.0 Å². The number of benzene rings is 3. The maximum absolute atomic E-state index is 13.3. The number of carbonyl (C=O) groups excluding carboxylic acids is 3. The fraction of sp³-hybridized carbons (Fsp3) is 0.152. The van der Waals surface area contributed by atoms with Crippen LogP contribution in [0.2, 0.25) is 0 Å². The van der Waals surface area contributed by atoms with Crippen molar-refractivity contribution in [2.75, 3.05) is 10.6 Å². The van der Waals surface area contributed by atoms with E-state index >= 15 is 0 Å². The number of nitrogens with one attached hydrogen (secondary N) is 3. The molecule has 208 valence electrons. The Bertz CT molecular complexity index is 1560. The Morgan fingerprint density at radius 2 is 1.71 bits per heavy atom. The number of para-hydroxylation sites is 1. The molecule has 0 saturated heterocycles. The quantitative estimate of drug-likeness (QED) is 0.151. The molecular formula is C33H32N4O3S. The van der Waals surface area contributed by atoms with Gasteiger partial charge in [-0.05, 0) is 79.4 Å². The van der Waals surface area contributed by atoms with Gasteiger partial charge in [-0.1, -0.05) is 55.5 Å². The minimum Gasteiger partial charge on any atom is -0.325 e. The summed E-state index contributed by atoms with van der Waals surface area (Å²) in [4.78, 5) is 44.1. The molecule has 4 aromatic rings. The van der Waals surface area contributed by atoms with E-state index in [0.717, 1.165) is 28.1 Å². The van der Waals surface area contributed by atoms with Gasteiger partial charge >= 0.3 is 0 Å². The molecule has 3 amide bonds. The van der Waals surface area contributed by atoms with Crippen molar-refractivity contribution in [3.8, 4) is 0 Å². The highest BCUT2D eigenvalue weighted by atomic mass is 32.2. The molecule has 8 heteroatoms. The number of aryl methyl sites for hydroxylation is 2. The molecule has 0 aliphatic rings. The molecular weight excluding hydrogens is 532 g/mol. The molecule has 0 spiro atoms. The van der Waals surface area contributed by atoms with E-state index in [0.29, 0.717) is 16.8 Å². The van der Waals surface area contributed by atoms with Crippen LogP contribution in [0, 0.1) is 6.92 Å². The van der Waals surface area contributed by atoms with Gasteiger partial charge in [0, 0.05) is 34.2 Å². The molecule has 1 heterocycles. The second-order valence-corrected chi connectivity index (χ2v) is 10.8. The fourth-order valence-electron chi connectivity index (χ4n) is 4.10. The molecule has 3 aromatic carbocycles. The highest BCUT2D eigenvalue weighted by molar-refractivity contribution is 8.00. The van der Waals surface area contributed by atoms with Crippen LogP contribution in [0.1, 0.15) is 40.9 Å². The zero-order valence-corrected chi connectivity index (χ0v) is 24.0. The molecule has 0 aliphatic heterocycles. The summed E-state index contributed by atoms with van der Waals surface area (Å²) in [6.07, 6.45) is 5.63. The molecule has 0 saturated carbocycles. The lowest BCUT2D eigenvalue weighted by atomic mass is 10.1. The van der Waals surface area contributed by atoms with E-state index in [9.17, 15) is 14.4 Å². The highest BCUT2D eigenvalue weighted by Crippen LogP contribution is 2.28. The van der Waals surface area contributed by atoms with Crippen molar-refractivity contribution < 1.29 is 14.4 Å². The first-order valence-electron chi connectivity index (χ1n) is 13.3. The van der Waals surface area contributed by atoms with E-state index in [1.807, 2.05) is 50.2 Å². The Labute approximate surface area is 244 Å². The van der Waals surface area contributed by atoms with Crippen molar-refractivity contribution in [3.63, 3.8) is 0 Å². The van der Waals surface area contributed by atoms with Crippen molar-refractivity contribution in [1.82, 2.24) is 10.3 Å². The summed E-state index contributed by atoms with van der Waals surface area (Å²) in [6.45, 7) is 5.90. The van der Waals surface area contributed by atoms with Gasteiger partial charge in [-0.25, -0.2) is 0 Å². The van der Waals surface area contributed by atoms with Crippen LogP contribution in [0.3, 0.4) is 0 Å². The summed E-state index contributed by atoms with van der Waals surface area (Å²) in [5, 5.41) is 8.30. The number of aromatic nitrogens is 1. The molecule has 1 unspecified atom stereocenters. The molecule has 1 aromatic heterocycles. The predicted octanol–water partition coefficient (Wildman–Crippen LogP) is 6.48. The third kappa shape index (κ3) is 8.16. The van der Waals surface area contributed by atoms with E-state index in [1.165, 1.54) is 11.8 Å². The number of amides is 3. The van der Waals surface area contributed by atoms with Gasteiger partial charge in [0.2, 0.25) is 5.91 Å². The van der Waals surface area contributed by atoms with Crippen LogP contribution < -0.4 is 16.0 Å². The first-order valence-corrected chi connectivity index (χ1v) is 14.2. The fourth-order valence-corrected chi connectivity index (χ4v) is 5.03. The van der Waals surface area contributed by atoms with Crippen molar-refractivity contribution in [2.45, 2.75) is 37.3 Å². The second kappa shape index (κ2) is 14.1. The van der Waals surface area contributed by atoms with Crippen LogP contribution in [0.15, 0.2) is 108 Å². The van der Waals surface area contributed by atoms with Gasteiger partial charge in [0.05, 0.1) is 5.25 Å². The smallest absolute Gasteiger partial charge is 0.272 e. The van der Waals surface area contributed by atoms with E-state index < -0.39 is 11.8 Å². The summed E-state index contributed by atoms with van der Waals surface area (Å²) in [6, 6.07) is 25.5. The van der Waals surface area contributed by atoms with Crippen LogP contribution >= 0.6 is 11.8 Å². The molecule has 41 heavy (non-hydrogen) atoms. The first kappa shape index (κ1) is 29.3. The van der Waals surface area contributed by atoms with Gasteiger partial charge in [0.15, 0.2) is 0 Å². The van der Waals surface area contributed by atoms with Crippen LogP contribution in [-0.4, -0.2) is 28.0 Å². The average molecular weight is 565 g/mol. The molecule has 4 rings (SSSR count). The summed E-state index contributed by atoms with van der Waals surface area (Å²) in [5.41, 5.74) is 4.67. The molecule has 3 N–H and O–H groups in total. The monoisotopic (exact) mass is 564 g/mol. The Balaban J connectivity index is 1.47. The van der Waals surface area contributed by atoms with Gasteiger partial charge in [0.1, 0.15) is 5.70 Å². The number of thioether (sulfide) groups is 1. The standard InChI is InChI=1S/C33H32N4O3S/c1-4-25-15-8-11-22(2)30(25)37-31(38)23(3)41-28-17-9-16-27(20-28)35-33(40)29(19-24-12-10-18-34-21-24)36-32(39)26-13-6-5-7-14-26/h5-21,23H,4H2,1-3H3,(H,35,40)(H,36,39)(H,37,38)/b29-19-. The van der Waals surface area contributed by atoms with Crippen LogP contribution in [0.25, 0.3) is 6.08 Å². The minimum absolute atomic E-state index is 0.0719. The first-order chi connectivity index (χ1) is 19.8. The number of anilines is 2. The Morgan fingerprint density at radius 3 is 2.44 bits per heavy atom. The van der Waals surface area contributed by atoms with Gasteiger partial charge in [-0.3, -0.25) is 19.4 Å². The maximum atomic E-state index is 13.3. The second-order valence-electron chi connectivity index (χ2n) is 9.36. The SMILES string of the molecule is CCc1cccc(C)c1NC(=O)C(C)Sc1cccc(NC(=O)/C(=C/c2cccnc2)NC(=O)c2ccccc2)c1. The highest BCUT2D eigenvalue weighted by Gasteiger charge is 2.18. The number of hydrogen-bond donors (Lipinski definition) is 3. The van der Waals surface area contributed by atoms with Crippen LogP contribution in [0.4, 0.5) is 11.4 Å². The number of nitrogens with zero attached hydrogens (tertiary/aromatic N) is 1. The van der Waals surface area contributed by atoms with E-state index in [-0.39, 0.29) is 16.9 Å². The predicted molar refractivity (Wildman–Crippen MR) is 166 cm³/mol. The van der Waals surface area contributed by atoms with Crippen LogP contribution in [0.5, 0.6) is 0 Å². The lowest BCUT2D eigenvalue weighted by Gasteiger charge is -2.17. The van der Waals surface area contributed by atoms with Crippen molar-refractivity contribution in [1.29, 1.82) is 0 Å². The molecule has 1 atom stereocenters. The van der Waals surface area contributed by atoms with Crippen molar-refractivity contribution >= 4 is 46.9 Å². The van der Waals surface area contributed by atoms with E-state index in [2.05, 4.69) is 27.9 Å². The summed E-state index contributed by atoms with van der Waals surface area (Å²) in [7, 11) is 0. The molecule has 0 fully saturated rings. The van der Waals surface area contributed by atoms with Crippen molar-refractivity contribution in [3.05, 3.63) is 125 Å². The third-order valence-corrected chi connectivity index (χ3v) is 7.38. The molecule has 7 nitrogen and oxygen atoms in total. The van der Waals surface area contributed by atoms with Crippen molar-refractivity contribution in [2.24, 2.45) is 0 Å². The van der Waals surface area contributed by atoms with E-state index in [4.69, 9.17) is 0 Å². The summed E-state index contributed by atoms with van der Waals surface area (Å²) >= 11 is 1.39. The topological polar surface area (TPSA) is 100 Å². The third-order valence-electron chi connectivity index (χ3n) is 6.29. The summed E-state index contributed by atoms with van der Waals surface area (Å²) < 4.78 is 0. The molecule has 0 bridgehead atoms. The maximum Gasteiger partial charge on any atom is 0.272 e. The lowest BCUT2D eigenvalue weighted by molar-refractivity contribution is -0.115. The zero-order valence-electron chi connectivity index (χ0n) is 23.2. The number of rotatable bonds is 10. The number of pyridine rings is 1. The number of carbonyl (C=O) groups is 3. The zero-order chi connectivity index (χ0) is 29.2. The Kier molecular flexibility index (Phi) is 10.1. The molecule has 0 aliphatic carbocycles. The van der Waals surface area contributed by atoms with Gasteiger partial charge in [0.25, 0.3) is 11.8 Å². The number of hydrogen-bond acceptors (Lipinski definition) is 5. The average Bonchev–Trinajstić information content (AvgIpc) is 2.98. The Morgan fingerprint density at radius 1 is 0.927 bits per heavy atom. The minimum atomic E-state index is -0.488. The van der Waals surface area contributed by atoms with E-state index in [1.54, 1.807) is 67.0 Å². The lowest BCUT2D eigenvalue weighted by Crippen LogP contribution is -2.30. The largest absolute Gasteiger partial charge is 0.325 e. The van der Waals surface area contributed by atoms with Gasteiger partial charge in [-0.2, -0.15) is 0 Å². The molecule has 0 radical (unpaired) electrons. The summed E-state index contributed by atoms with van der Waals surface area (Å²) in [5.74, 6) is -0.989. The Hall–Kier alpha value is -4.69. The normalized spacial score (nSPS) is 11.8. The van der Waals surface area contributed by atoms with Gasteiger partial charge in [-0.15, -0.1) is 11.8 Å².